The van der Waals surface area contributed by atoms with Crippen LogP contribution in [0.5, 0.6) is 34.5 Å². The summed E-state index contributed by atoms with van der Waals surface area (Å²) < 4.78 is 0. The van der Waals surface area contributed by atoms with Crippen molar-refractivity contribution in [3.63, 3.8) is 0 Å². The van der Waals surface area contributed by atoms with Gasteiger partial charge in [0.05, 0.1) is 0 Å². The van der Waals surface area contributed by atoms with E-state index in [4.69, 9.17) is 0 Å². The molecule has 7 heteroatoms. The quantitative estimate of drug-likeness (QED) is 0.0301. The number of carbonyl (C=O) groups excluding carboxylic acids is 1. The Morgan fingerprint density at radius 2 is 0.519 bits per heavy atom. The van der Waals surface area contributed by atoms with E-state index in [1.165, 1.54) is 166 Å². The van der Waals surface area contributed by atoms with Crippen molar-refractivity contribution < 1.29 is 35.4 Å². The first-order chi connectivity index (χ1) is 26.3. The van der Waals surface area contributed by atoms with Crippen LogP contribution in [-0.2, 0) is 17.6 Å². The Kier molecular flexibility index (Phi) is 27.1. The zero-order valence-corrected chi connectivity index (χ0v) is 33.9. The Morgan fingerprint density at radius 1 is 0.296 bits per heavy atom. The second-order valence-corrected chi connectivity index (χ2v) is 16.0. The first-order valence-electron chi connectivity index (χ1n) is 22.3. The van der Waals surface area contributed by atoms with E-state index < -0.39 is 11.5 Å². The van der Waals surface area contributed by atoms with Gasteiger partial charge in [0.25, 0.3) is 0 Å². The summed E-state index contributed by atoms with van der Waals surface area (Å²) in [5.41, 5.74) is 1.40. The van der Waals surface area contributed by atoms with Crippen LogP contribution in [0.3, 0.4) is 0 Å². The van der Waals surface area contributed by atoms with Crippen LogP contribution in [0.15, 0.2) is 24.3 Å². The number of rotatable bonds is 36. The fourth-order valence-electron chi connectivity index (χ4n) is 7.62. The molecule has 2 rings (SSSR count). The largest absolute Gasteiger partial charge is 0.504 e. The average molecular weight is 755 g/mol. The van der Waals surface area contributed by atoms with Gasteiger partial charge in [0.1, 0.15) is 5.78 Å². The molecule has 0 bridgehead atoms. The average Bonchev–Trinajstić information content (AvgIpc) is 3.16. The van der Waals surface area contributed by atoms with Gasteiger partial charge in [0.2, 0.25) is 11.5 Å². The molecular formula is C47H78O7. The molecule has 0 aliphatic carbocycles. The first-order valence-corrected chi connectivity index (χ1v) is 22.3. The predicted molar refractivity (Wildman–Crippen MR) is 223 cm³/mol. The molecule has 7 nitrogen and oxygen atoms in total. The van der Waals surface area contributed by atoms with Gasteiger partial charge in [-0.1, -0.05) is 179 Å². The lowest BCUT2D eigenvalue weighted by atomic mass is 10.0. The van der Waals surface area contributed by atoms with Crippen LogP contribution >= 0.6 is 0 Å². The minimum absolute atomic E-state index is 0.186. The summed E-state index contributed by atoms with van der Waals surface area (Å²) in [5, 5.41) is 57.9. The minimum atomic E-state index is -0.414. The van der Waals surface area contributed by atoms with Crippen molar-refractivity contribution >= 4 is 5.78 Å². The van der Waals surface area contributed by atoms with Crippen molar-refractivity contribution in [3.05, 3.63) is 35.4 Å². The van der Waals surface area contributed by atoms with E-state index in [0.717, 1.165) is 64.2 Å². The van der Waals surface area contributed by atoms with Gasteiger partial charge < -0.3 is 30.6 Å². The third-order valence-electron chi connectivity index (χ3n) is 11.2. The van der Waals surface area contributed by atoms with E-state index >= 15 is 0 Å². The number of phenols is 6. The van der Waals surface area contributed by atoms with Gasteiger partial charge in [0, 0.05) is 12.8 Å². The van der Waals surface area contributed by atoms with E-state index in [-0.39, 0.29) is 23.0 Å². The molecule has 308 valence electrons. The molecule has 0 spiro atoms. The van der Waals surface area contributed by atoms with E-state index in [2.05, 4.69) is 0 Å². The summed E-state index contributed by atoms with van der Waals surface area (Å²) in [6.45, 7) is 0. The van der Waals surface area contributed by atoms with Gasteiger partial charge in [0.15, 0.2) is 23.0 Å². The lowest BCUT2D eigenvalue weighted by Crippen LogP contribution is -1.97. The Labute approximate surface area is 328 Å². The zero-order valence-electron chi connectivity index (χ0n) is 33.9. The topological polar surface area (TPSA) is 138 Å². The number of hydrogen-bond acceptors (Lipinski definition) is 7. The third kappa shape index (κ3) is 22.3. The molecule has 0 saturated carbocycles. The maximum Gasteiger partial charge on any atom is 0.200 e. The van der Waals surface area contributed by atoms with Crippen LogP contribution in [0.2, 0.25) is 0 Å². The van der Waals surface area contributed by atoms with Crippen LogP contribution in [0.25, 0.3) is 0 Å². The standard InChI is InChI=1S/C47H78O7/c48-41(33-29-25-21-17-13-9-5-1-3-7-11-15-19-23-27-31-39-35-37-42(49)46(53)44(39)51)34-30-26-22-18-14-10-6-2-4-8-12-16-20-24-28-32-40-36-38-43(50)47(54)45(40)52/h35-38,49-54H,1-34H2. The van der Waals surface area contributed by atoms with Crippen LogP contribution in [0.4, 0.5) is 0 Å². The van der Waals surface area contributed by atoms with Crippen molar-refractivity contribution in [2.45, 2.75) is 218 Å². The number of hydrogen-bond donors (Lipinski definition) is 6. The van der Waals surface area contributed by atoms with Gasteiger partial charge in [-0.05, 0) is 61.8 Å². The highest BCUT2D eigenvalue weighted by Gasteiger charge is 2.11. The van der Waals surface area contributed by atoms with Gasteiger partial charge in [-0.3, -0.25) is 4.79 Å². The molecule has 0 aromatic heterocycles. The second-order valence-electron chi connectivity index (χ2n) is 16.0. The Bertz CT molecular complexity index is 1150. The van der Waals surface area contributed by atoms with Crippen LogP contribution in [0, 0.1) is 0 Å². The molecule has 0 radical (unpaired) electrons. The van der Waals surface area contributed by atoms with E-state index in [0.29, 0.717) is 16.9 Å². The van der Waals surface area contributed by atoms with Crippen LogP contribution < -0.4 is 0 Å². The fourth-order valence-corrected chi connectivity index (χ4v) is 7.62. The molecule has 0 fully saturated rings. The Morgan fingerprint density at radius 3 is 0.778 bits per heavy atom. The summed E-state index contributed by atoms with van der Waals surface area (Å²) in [4.78, 5) is 12.3. The number of benzene rings is 2. The molecule has 0 aliphatic rings. The van der Waals surface area contributed by atoms with E-state index in [9.17, 15) is 35.4 Å². The number of ketones is 1. The number of aromatic hydroxyl groups is 6. The normalized spacial score (nSPS) is 11.4. The van der Waals surface area contributed by atoms with Gasteiger partial charge in [-0.15, -0.1) is 0 Å². The monoisotopic (exact) mass is 755 g/mol. The van der Waals surface area contributed by atoms with Crippen molar-refractivity contribution in [1.82, 2.24) is 0 Å². The second kappa shape index (κ2) is 31.2. The number of phenolic OH excluding ortho intramolecular Hbond substituents is 6. The van der Waals surface area contributed by atoms with Crippen molar-refractivity contribution in [2.24, 2.45) is 0 Å². The lowest BCUT2D eigenvalue weighted by molar-refractivity contribution is -0.119. The first kappa shape index (κ1) is 47.1. The SMILES string of the molecule is O=C(CCCCCCCCCCCCCCCCCc1ccc(O)c(O)c1O)CCCCCCCCCCCCCCCCCc1ccc(O)c(O)c1O. The Balaban J connectivity index is 1.21. The van der Waals surface area contributed by atoms with E-state index in [1.54, 1.807) is 12.1 Å². The maximum atomic E-state index is 12.3. The number of Topliss-reactive ketones (excluding diaryl/α,β-unsaturated/α-hetero) is 1. The molecule has 0 aliphatic heterocycles. The molecule has 6 N–H and O–H groups in total. The molecule has 0 saturated heterocycles. The third-order valence-corrected chi connectivity index (χ3v) is 11.2. The molecule has 2 aromatic rings. The summed E-state index contributed by atoms with van der Waals surface area (Å²) in [6.07, 6.45) is 40.5. The summed E-state index contributed by atoms with van der Waals surface area (Å²) in [7, 11) is 0. The highest BCUT2D eigenvalue weighted by atomic mass is 16.3. The molecule has 0 unspecified atom stereocenters. The van der Waals surface area contributed by atoms with E-state index in [1.807, 2.05) is 0 Å². The van der Waals surface area contributed by atoms with Crippen LogP contribution in [-0.4, -0.2) is 36.4 Å². The number of unbranched alkanes of at least 4 members (excludes halogenated alkanes) is 28. The van der Waals surface area contributed by atoms with Crippen molar-refractivity contribution in [1.29, 1.82) is 0 Å². The lowest BCUT2D eigenvalue weighted by Gasteiger charge is -2.07. The van der Waals surface area contributed by atoms with Crippen LogP contribution in [0.1, 0.15) is 217 Å². The minimum Gasteiger partial charge on any atom is -0.504 e. The molecule has 54 heavy (non-hydrogen) atoms. The zero-order chi connectivity index (χ0) is 39.1. The Hall–Kier alpha value is -3.09. The van der Waals surface area contributed by atoms with Gasteiger partial charge in [-0.25, -0.2) is 0 Å². The highest BCUT2D eigenvalue weighted by Crippen LogP contribution is 2.38. The molecule has 0 heterocycles. The van der Waals surface area contributed by atoms with Gasteiger partial charge in [-0.2, -0.15) is 0 Å². The molecular weight excluding hydrogens is 677 g/mol. The number of aryl methyl sites for hydroxylation is 2. The highest BCUT2D eigenvalue weighted by molar-refractivity contribution is 5.78. The summed E-state index contributed by atoms with van der Waals surface area (Å²) >= 11 is 0. The summed E-state index contributed by atoms with van der Waals surface area (Å²) in [5.74, 6) is -1.28. The summed E-state index contributed by atoms with van der Waals surface area (Å²) in [6, 6.07) is 6.24. The number of carbonyl (C=O) groups is 1. The molecule has 0 amide bonds. The van der Waals surface area contributed by atoms with Gasteiger partial charge >= 0.3 is 0 Å². The molecule has 2 aromatic carbocycles. The van der Waals surface area contributed by atoms with Crippen molar-refractivity contribution in [3.8, 4) is 34.5 Å². The molecule has 0 atom stereocenters. The predicted octanol–water partition coefficient (Wildman–Crippen LogP) is 13.8. The fraction of sp³-hybridized carbons (Fsp3) is 0.723. The maximum absolute atomic E-state index is 12.3. The smallest absolute Gasteiger partial charge is 0.200 e. The van der Waals surface area contributed by atoms with Crippen molar-refractivity contribution in [2.75, 3.05) is 0 Å².